The third kappa shape index (κ3) is 1.27. The molecule has 1 aliphatic rings. The quantitative estimate of drug-likeness (QED) is 0.739. The van der Waals surface area contributed by atoms with Gasteiger partial charge in [-0.1, -0.05) is 18.2 Å². The van der Waals surface area contributed by atoms with Crippen molar-refractivity contribution in [3.05, 3.63) is 47.7 Å². The Morgan fingerprint density at radius 2 is 1.71 bits per heavy atom. The number of hydrogen-bond donors (Lipinski definition) is 1. The zero-order valence-electron chi connectivity index (χ0n) is 8.81. The van der Waals surface area contributed by atoms with E-state index < -0.39 is 0 Å². The minimum absolute atomic E-state index is 0.147. The Morgan fingerprint density at radius 1 is 1.00 bits per heavy atom. The van der Waals surface area contributed by atoms with Gasteiger partial charge in [0.25, 0.3) is 0 Å². The molecule has 17 heavy (non-hydrogen) atoms. The molecule has 0 atom stereocenters. The maximum Gasteiger partial charge on any atom is 0.205 e. The Kier molecular flexibility index (Phi) is 1.86. The first-order valence-corrected chi connectivity index (χ1v) is 5.13. The van der Waals surface area contributed by atoms with Crippen molar-refractivity contribution in [3.63, 3.8) is 0 Å². The molecule has 1 aromatic heterocycles. The van der Waals surface area contributed by atoms with Crippen molar-refractivity contribution in [2.24, 2.45) is 0 Å². The van der Waals surface area contributed by atoms with Gasteiger partial charge in [0.15, 0.2) is 5.78 Å². The second-order valence-electron chi connectivity index (χ2n) is 3.83. The largest absolute Gasteiger partial charge is 0.398 e. The van der Waals surface area contributed by atoms with Crippen LogP contribution in [-0.4, -0.2) is 16.6 Å². The van der Waals surface area contributed by atoms with Gasteiger partial charge in [-0.15, -0.1) is 0 Å². The molecular formula is C13H8N2O2. The van der Waals surface area contributed by atoms with Gasteiger partial charge in [0.05, 0.1) is 16.8 Å². The zero-order valence-corrected chi connectivity index (χ0v) is 8.81. The number of benzene rings is 1. The van der Waals surface area contributed by atoms with Gasteiger partial charge in [-0.2, -0.15) is 0 Å². The van der Waals surface area contributed by atoms with Gasteiger partial charge in [-0.05, 0) is 18.2 Å². The summed E-state index contributed by atoms with van der Waals surface area (Å²) in [6.07, 6.45) is 2.46. The molecule has 0 bridgehead atoms. The number of nitrogens with zero attached hydrogens (tertiary/aromatic N) is 1. The minimum Gasteiger partial charge on any atom is -0.398 e. The molecule has 1 aromatic carbocycles. The van der Waals surface area contributed by atoms with E-state index >= 15 is 0 Å². The number of ketones is 2. The summed E-state index contributed by atoms with van der Waals surface area (Å²) in [6.45, 7) is 0. The van der Waals surface area contributed by atoms with Crippen LogP contribution in [0, 0.1) is 0 Å². The Labute approximate surface area is 96.8 Å². The molecule has 1 heterocycles. The number of para-hydroxylation sites is 1. The van der Waals surface area contributed by atoms with Gasteiger partial charge < -0.3 is 5.73 Å². The lowest BCUT2D eigenvalue weighted by atomic mass is 9.96. The summed E-state index contributed by atoms with van der Waals surface area (Å²) in [4.78, 5) is 27.6. The average Bonchev–Trinajstić information content (AvgIpc) is 2.34. The summed E-state index contributed by atoms with van der Waals surface area (Å²) < 4.78 is 0. The molecule has 0 saturated heterocycles. The van der Waals surface area contributed by atoms with Gasteiger partial charge >= 0.3 is 0 Å². The van der Waals surface area contributed by atoms with Crippen molar-refractivity contribution in [1.82, 2.24) is 4.98 Å². The molecular weight excluding hydrogens is 216 g/mol. The summed E-state index contributed by atoms with van der Waals surface area (Å²) in [6, 6.07) is 7.18. The zero-order chi connectivity index (χ0) is 12.0. The lowest BCUT2D eigenvalue weighted by Gasteiger charge is -2.12. The summed E-state index contributed by atoms with van der Waals surface area (Å²) in [7, 11) is 0. The molecule has 0 fully saturated rings. The molecule has 0 spiro atoms. The van der Waals surface area contributed by atoms with E-state index in [9.17, 15) is 9.59 Å². The molecule has 82 valence electrons. The van der Waals surface area contributed by atoms with Crippen LogP contribution >= 0.6 is 0 Å². The molecule has 3 rings (SSSR count). The highest BCUT2D eigenvalue weighted by Gasteiger charge is 2.24. The van der Waals surface area contributed by atoms with E-state index in [0.717, 1.165) is 0 Å². The molecule has 2 N–H and O–H groups in total. The topological polar surface area (TPSA) is 73.0 Å². The Bertz CT molecular complexity index is 702. The number of nitrogens with two attached hydrogens (primary N) is 1. The van der Waals surface area contributed by atoms with Gasteiger partial charge in [0.1, 0.15) is 5.69 Å². The van der Waals surface area contributed by atoms with Crippen LogP contribution in [0.2, 0.25) is 0 Å². The van der Waals surface area contributed by atoms with E-state index in [0.29, 0.717) is 16.6 Å². The van der Waals surface area contributed by atoms with Gasteiger partial charge in [-0.25, -0.2) is 4.98 Å². The molecule has 0 saturated carbocycles. The average molecular weight is 224 g/mol. The summed E-state index contributed by atoms with van der Waals surface area (Å²) in [5.74, 6) is -0.549. The van der Waals surface area contributed by atoms with Crippen LogP contribution in [0.4, 0.5) is 5.69 Å². The second-order valence-corrected chi connectivity index (χ2v) is 3.83. The molecule has 1 aliphatic carbocycles. The number of carbonyl (C=O) groups is 2. The van der Waals surface area contributed by atoms with Gasteiger partial charge in [0, 0.05) is 5.39 Å². The minimum atomic E-state index is -0.281. The van der Waals surface area contributed by atoms with Crippen LogP contribution < -0.4 is 5.73 Å². The van der Waals surface area contributed by atoms with Gasteiger partial charge in [0.2, 0.25) is 5.78 Å². The highest BCUT2D eigenvalue weighted by Crippen LogP contribution is 2.28. The number of rotatable bonds is 0. The Hall–Kier alpha value is -2.49. The van der Waals surface area contributed by atoms with E-state index in [2.05, 4.69) is 4.98 Å². The fraction of sp³-hybridized carbons (Fsp3) is 0. The van der Waals surface area contributed by atoms with Crippen molar-refractivity contribution < 1.29 is 9.59 Å². The van der Waals surface area contributed by atoms with Crippen LogP contribution in [0.5, 0.6) is 0 Å². The van der Waals surface area contributed by atoms with E-state index in [-0.39, 0.29) is 22.8 Å². The maximum absolute atomic E-state index is 11.7. The highest BCUT2D eigenvalue weighted by molar-refractivity contribution is 6.25. The van der Waals surface area contributed by atoms with Gasteiger partial charge in [-0.3, -0.25) is 9.59 Å². The molecule has 0 unspecified atom stereocenters. The van der Waals surface area contributed by atoms with Crippen molar-refractivity contribution in [1.29, 1.82) is 0 Å². The lowest BCUT2D eigenvalue weighted by molar-refractivity contribution is 0.0991. The predicted molar refractivity (Wildman–Crippen MR) is 64.0 cm³/mol. The van der Waals surface area contributed by atoms with Crippen LogP contribution in [0.15, 0.2) is 36.4 Å². The fourth-order valence-corrected chi connectivity index (χ4v) is 1.98. The maximum atomic E-state index is 11.7. The SMILES string of the molecule is Nc1c2c(nc3ccccc13)C(=O)C=CC2=O. The summed E-state index contributed by atoms with van der Waals surface area (Å²) in [5.41, 5.74) is 7.26. The smallest absolute Gasteiger partial charge is 0.205 e. The van der Waals surface area contributed by atoms with Crippen LogP contribution in [0.3, 0.4) is 0 Å². The first-order valence-electron chi connectivity index (χ1n) is 5.13. The number of pyridine rings is 1. The van der Waals surface area contributed by atoms with E-state index in [4.69, 9.17) is 5.73 Å². The normalized spacial score (nSPS) is 14.1. The van der Waals surface area contributed by atoms with E-state index in [1.807, 2.05) is 12.1 Å². The Balaban J connectivity index is 2.48. The van der Waals surface area contributed by atoms with Crippen molar-refractivity contribution >= 4 is 28.2 Å². The lowest BCUT2D eigenvalue weighted by Crippen LogP contribution is -2.16. The standard InChI is InChI=1S/C13H8N2O2/c14-12-7-3-1-2-4-8(7)15-13-10(17)6-5-9(16)11(12)13/h1-6H,(H2,14,15). The molecule has 0 aliphatic heterocycles. The predicted octanol–water partition coefficient (Wildman–Crippen LogP) is 1.75. The summed E-state index contributed by atoms with van der Waals surface area (Å²) in [5, 5.41) is 0.697. The Morgan fingerprint density at radius 3 is 2.53 bits per heavy atom. The van der Waals surface area contributed by atoms with Crippen LogP contribution in [0.1, 0.15) is 20.8 Å². The number of anilines is 1. The number of fused-ring (bicyclic) bond motifs is 2. The highest BCUT2D eigenvalue weighted by atomic mass is 16.1. The number of aromatic nitrogens is 1. The van der Waals surface area contributed by atoms with Crippen molar-refractivity contribution in [2.45, 2.75) is 0 Å². The number of carbonyl (C=O) groups excluding carboxylic acids is 2. The third-order valence-electron chi connectivity index (χ3n) is 2.80. The number of allylic oxidation sites excluding steroid dienone is 2. The molecule has 4 nitrogen and oxygen atoms in total. The summed E-state index contributed by atoms with van der Waals surface area (Å²) >= 11 is 0. The molecule has 4 heteroatoms. The van der Waals surface area contributed by atoms with E-state index in [1.54, 1.807) is 12.1 Å². The van der Waals surface area contributed by atoms with Crippen LogP contribution in [0.25, 0.3) is 10.9 Å². The number of nitrogen functional groups attached to an aromatic ring is 1. The number of hydrogen-bond acceptors (Lipinski definition) is 4. The monoisotopic (exact) mass is 224 g/mol. The molecule has 0 amide bonds. The second kappa shape index (κ2) is 3.25. The van der Waals surface area contributed by atoms with Crippen molar-refractivity contribution in [2.75, 3.05) is 5.73 Å². The fourth-order valence-electron chi connectivity index (χ4n) is 1.98. The first-order chi connectivity index (χ1) is 8.18. The first kappa shape index (κ1) is 9.72. The molecule has 0 radical (unpaired) electrons. The van der Waals surface area contributed by atoms with E-state index in [1.165, 1.54) is 12.2 Å². The molecule has 2 aromatic rings. The van der Waals surface area contributed by atoms with Crippen molar-refractivity contribution in [3.8, 4) is 0 Å². The van der Waals surface area contributed by atoms with Crippen LogP contribution in [-0.2, 0) is 0 Å². The third-order valence-corrected chi connectivity index (χ3v) is 2.80.